The van der Waals surface area contributed by atoms with Crippen LogP contribution in [0, 0.1) is 0 Å². The Bertz CT molecular complexity index is 1810. The smallest absolute Gasteiger partial charge is 0.332 e. The van der Waals surface area contributed by atoms with E-state index in [1.807, 2.05) is 18.2 Å². The van der Waals surface area contributed by atoms with E-state index < -0.39 is 11.2 Å². The number of benzene rings is 1. The molecule has 0 aliphatic rings. The first-order valence-corrected chi connectivity index (χ1v) is 12.2. The van der Waals surface area contributed by atoms with Gasteiger partial charge in [0.15, 0.2) is 11.2 Å². The Labute approximate surface area is 221 Å². The maximum atomic E-state index is 13.5. The summed E-state index contributed by atoms with van der Waals surface area (Å²) in [6, 6.07) is 8.99. The van der Waals surface area contributed by atoms with Crippen LogP contribution in [0.2, 0.25) is 5.02 Å². The molecule has 0 spiro atoms. The third kappa shape index (κ3) is 4.54. The molecule has 5 rings (SSSR count). The molecule has 0 bridgehead atoms. The fourth-order valence-electron chi connectivity index (χ4n) is 4.27. The van der Waals surface area contributed by atoms with Crippen LogP contribution in [-0.4, -0.2) is 58.5 Å². The van der Waals surface area contributed by atoms with Crippen molar-refractivity contribution >= 4 is 51.3 Å². The monoisotopic (exact) mass is 535 g/mol. The van der Waals surface area contributed by atoms with E-state index in [4.69, 9.17) is 11.6 Å². The van der Waals surface area contributed by atoms with Crippen LogP contribution in [0.25, 0.3) is 22.1 Å². The molecule has 38 heavy (non-hydrogen) atoms. The Morgan fingerprint density at radius 3 is 2.66 bits per heavy atom. The number of H-pyrrole nitrogens is 1. The second kappa shape index (κ2) is 9.78. The van der Waals surface area contributed by atoms with Crippen molar-refractivity contribution in [2.24, 2.45) is 14.1 Å². The summed E-state index contributed by atoms with van der Waals surface area (Å²) in [6.45, 7) is 0.0430. The van der Waals surface area contributed by atoms with Crippen LogP contribution in [0.3, 0.4) is 0 Å². The van der Waals surface area contributed by atoms with E-state index in [9.17, 15) is 14.4 Å². The number of aromatic amines is 1. The lowest BCUT2D eigenvalue weighted by Gasteiger charge is -2.10. The predicted molar refractivity (Wildman–Crippen MR) is 145 cm³/mol. The van der Waals surface area contributed by atoms with Gasteiger partial charge in [-0.05, 0) is 24.3 Å². The predicted octanol–water partition coefficient (Wildman–Crippen LogP) is 2.17. The number of aryl methyl sites for hydroxylation is 3. The summed E-state index contributed by atoms with van der Waals surface area (Å²) in [6.07, 6.45) is 2.25. The van der Waals surface area contributed by atoms with Gasteiger partial charge in [0.25, 0.3) is 5.56 Å². The summed E-state index contributed by atoms with van der Waals surface area (Å²) in [5.41, 5.74) is 1.03. The van der Waals surface area contributed by atoms with E-state index >= 15 is 0 Å². The van der Waals surface area contributed by atoms with Crippen LogP contribution in [-0.2, 0) is 31.9 Å². The van der Waals surface area contributed by atoms with Crippen molar-refractivity contribution in [2.75, 3.05) is 19.4 Å². The van der Waals surface area contributed by atoms with Crippen molar-refractivity contribution in [3.63, 3.8) is 0 Å². The topological polar surface area (TPSA) is 136 Å². The molecule has 13 heteroatoms. The fraction of sp³-hybridized carbons (Fsp3) is 0.280. The molecule has 0 atom stereocenters. The summed E-state index contributed by atoms with van der Waals surface area (Å²) < 4.78 is 4.10. The van der Waals surface area contributed by atoms with Crippen LogP contribution < -0.4 is 16.6 Å². The summed E-state index contributed by atoms with van der Waals surface area (Å²) in [7, 11) is 6.66. The van der Waals surface area contributed by atoms with Gasteiger partial charge in [0.1, 0.15) is 11.6 Å². The lowest BCUT2D eigenvalue weighted by atomic mass is 10.2. The first-order valence-electron chi connectivity index (χ1n) is 11.9. The van der Waals surface area contributed by atoms with Crippen molar-refractivity contribution in [2.45, 2.75) is 19.4 Å². The van der Waals surface area contributed by atoms with Gasteiger partial charge in [0.2, 0.25) is 11.9 Å². The highest BCUT2D eigenvalue weighted by atomic mass is 35.5. The highest BCUT2D eigenvalue weighted by Gasteiger charge is 2.20. The minimum absolute atomic E-state index is 0.0185. The SMILES string of the molecule is CN(C)C(=O)CCc1nccc(Nc2nc3c(c(=O)n(Cc4cc5c(Cl)cccc5[nH]4)c(=O)n3C)n2C)n1. The summed E-state index contributed by atoms with van der Waals surface area (Å²) in [5.74, 6) is 1.26. The number of nitrogens with one attached hydrogen (secondary N) is 2. The quantitative estimate of drug-likeness (QED) is 0.326. The molecule has 0 radical (unpaired) electrons. The van der Waals surface area contributed by atoms with Gasteiger partial charge >= 0.3 is 5.69 Å². The molecule has 1 aromatic carbocycles. The lowest BCUT2D eigenvalue weighted by molar-refractivity contribution is -0.128. The maximum Gasteiger partial charge on any atom is 0.332 e. The minimum Gasteiger partial charge on any atom is -0.357 e. The molecule has 12 nitrogen and oxygen atoms in total. The first-order chi connectivity index (χ1) is 18.1. The van der Waals surface area contributed by atoms with Gasteiger partial charge in [-0.2, -0.15) is 4.98 Å². The van der Waals surface area contributed by atoms with Crippen molar-refractivity contribution < 1.29 is 4.79 Å². The van der Waals surface area contributed by atoms with Crippen molar-refractivity contribution in [1.82, 2.24) is 38.5 Å². The molecule has 0 aliphatic carbocycles. The Morgan fingerprint density at radius 2 is 1.92 bits per heavy atom. The number of anilines is 2. The molecule has 5 aromatic rings. The van der Waals surface area contributed by atoms with Crippen LogP contribution >= 0.6 is 11.6 Å². The highest BCUT2D eigenvalue weighted by molar-refractivity contribution is 6.35. The molecule has 0 saturated heterocycles. The molecule has 196 valence electrons. The Hall–Kier alpha value is -4.45. The van der Waals surface area contributed by atoms with Crippen LogP contribution in [0.4, 0.5) is 11.8 Å². The number of nitrogens with zero attached hydrogens (tertiary/aromatic N) is 7. The van der Waals surface area contributed by atoms with E-state index in [-0.39, 0.29) is 30.0 Å². The maximum absolute atomic E-state index is 13.5. The van der Waals surface area contributed by atoms with E-state index in [0.29, 0.717) is 34.7 Å². The molecule has 0 aliphatic heterocycles. The number of hydrogen-bond donors (Lipinski definition) is 2. The summed E-state index contributed by atoms with van der Waals surface area (Å²) in [5, 5.41) is 4.50. The number of hydrogen-bond acceptors (Lipinski definition) is 7. The second-order valence-electron chi connectivity index (χ2n) is 9.17. The third-order valence-corrected chi connectivity index (χ3v) is 6.69. The van der Waals surface area contributed by atoms with E-state index in [0.717, 1.165) is 15.5 Å². The molecule has 0 unspecified atom stereocenters. The number of imidazole rings is 1. The number of aromatic nitrogens is 7. The first kappa shape index (κ1) is 25.2. The molecule has 1 amide bonds. The Balaban J connectivity index is 1.48. The standard InChI is InChI=1S/C25H26ClN9O3/c1-32(2)20(36)9-8-18-27-11-10-19(29-18)30-24-31-22-21(33(24)3)23(37)35(25(38)34(22)4)13-14-12-15-16(26)6-5-7-17(15)28-14/h5-7,10-12,28H,8-9,13H2,1-4H3,(H,27,29,30,31). The number of carbonyl (C=O) groups is 1. The second-order valence-corrected chi connectivity index (χ2v) is 9.57. The van der Waals surface area contributed by atoms with Crippen LogP contribution in [0.1, 0.15) is 17.9 Å². The van der Waals surface area contributed by atoms with Crippen molar-refractivity contribution in [3.05, 3.63) is 73.9 Å². The van der Waals surface area contributed by atoms with Gasteiger partial charge in [0.05, 0.1) is 6.54 Å². The highest BCUT2D eigenvalue weighted by Crippen LogP contribution is 2.24. The molecule has 4 heterocycles. The third-order valence-electron chi connectivity index (χ3n) is 6.36. The summed E-state index contributed by atoms with van der Waals surface area (Å²) in [4.78, 5) is 56.5. The minimum atomic E-state index is -0.494. The molecular formula is C25H26ClN9O3. The largest absolute Gasteiger partial charge is 0.357 e. The summed E-state index contributed by atoms with van der Waals surface area (Å²) >= 11 is 6.28. The van der Waals surface area contributed by atoms with Gasteiger partial charge in [-0.25, -0.2) is 14.8 Å². The van der Waals surface area contributed by atoms with Gasteiger partial charge in [-0.15, -0.1) is 0 Å². The molecule has 2 N–H and O–H groups in total. The number of rotatable bonds is 7. The van der Waals surface area contributed by atoms with Gasteiger partial charge < -0.3 is 19.8 Å². The molecule has 0 fully saturated rings. The molecule has 0 saturated carbocycles. The van der Waals surface area contributed by atoms with Gasteiger partial charge in [-0.1, -0.05) is 17.7 Å². The van der Waals surface area contributed by atoms with Gasteiger partial charge in [0, 0.05) is 68.8 Å². The number of amides is 1. The van der Waals surface area contributed by atoms with Gasteiger partial charge in [-0.3, -0.25) is 18.7 Å². The Morgan fingerprint density at radius 1 is 1.13 bits per heavy atom. The average Bonchev–Trinajstić information content (AvgIpc) is 3.45. The van der Waals surface area contributed by atoms with E-state index in [2.05, 4.69) is 25.3 Å². The van der Waals surface area contributed by atoms with Crippen molar-refractivity contribution in [1.29, 1.82) is 0 Å². The lowest BCUT2D eigenvalue weighted by Crippen LogP contribution is -2.39. The Kier molecular flexibility index (Phi) is 6.49. The zero-order chi connectivity index (χ0) is 27.1. The molecular weight excluding hydrogens is 510 g/mol. The zero-order valence-corrected chi connectivity index (χ0v) is 22.1. The van der Waals surface area contributed by atoms with Crippen molar-refractivity contribution in [3.8, 4) is 0 Å². The van der Waals surface area contributed by atoms with Crippen LogP contribution in [0.15, 0.2) is 46.1 Å². The van der Waals surface area contributed by atoms with E-state index in [1.165, 1.54) is 9.47 Å². The van der Waals surface area contributed by atoms with E-state index in [1.54, 1.807) is 51.1 Å². The fourth-order valence-corrected chi connectivity index (χ4v) is 4.50. The number of halogens is 1. The average molecular weight is 536 g/mol. The normalized spacial score (nSPS) is 11.4. The molecule has 4 aromatic heterocycles. The number of carbonyl (C=O) groups excluding carboxylic acids is 1. The zero-order valence-electron chi connectivity index (χ0n) is 21.3. The van der Waals surface area contributed by atoms with Crippen LogP contribution in [0.5, 0.6) is 0 Å². The number of fused-ring (bicyclic) bond motifs is 2.